The number of nitrogens with zero attached hydrogens (tertiary/aromatic N) is 2. The van der Waals surface area contributed by atoms with Gasteiger partial charge in [-0.2, -0.15) is 0 Å². The van der Waals surface area contributed by atoms with Crippen molar-refractivity contribution in [1.29, 1.82) is 0 Å². The monoisotopic (exact) mass is 483 g/mol. The van der Waals surface area contributed by atoms with E-state index in [2.05, 4.69) is 10.3 Å². The van der Waals surface area contributed by atoms with E-state index in [4.69, 9.17) is 5.11 Å². The highest BCUT2D eigenvalue weighted by atomic mass is 19.1. The Kier molecular flexibility index (Phi) is 5.17. The van der Waals surface area contributed by atoms with E-state index in [0.717, 1.165) is 18.4 Å². The molecule has 1 amide bonds. The lowest BCUT2D eigenvalue weighted by molar-refractivity contribution is -0.138. The topological polar surface area (TPSA) is 101 Å². The quantitative estimate of drug-likeness (QED) is 0.427. The van der Waals surface area contributed by atoms with Crippen LogP contribution in [0.4, 0.5) is 4.39 Å². The largest absolute Gasteiger partial charge is 0.481 e. The second-order valence-electron chi connectivity index (χ2n) is 9.44. The first kappa shape index (κ1) is 22.2. The van der Waals surface area contributed by atoms with Crippen LogP contribution in [0.15, 0.2) is 71.8 Å². The second kappa shape index (κ2) is 8.41. The van der Waals surface area contributed by atoms with E-state index in [1.165, 1.54) is 12.3 Å². The SMILES string of the molecule is O=C(NC1CC1)c1cn(-c2cccc(-c3ccc(C4C[C@@H]4C(=O)O)c(F)c3)c2)c2ncccc2c1=O. The third kappa shape index (κ3) is 3.94. The number of hydrogen-bond acceptors (Lipinski definition) is 4. The fourth-order valence-corrected chi connectivity index (χ4v) is 4.66. The molecule has 0 bridgehead atoms. The standard InChI is InChI=1S/C28H22FN3O4/c29-24-12-16(6-9-19(24)21-13-22(21)28(35)36)15-3-1-4-18(11-15)32-14-23(27(34)31-17-7-8-17)25(33)20-5-2-10-30-26(20)32/h1-6,9-12,14,17,21-22H,7-8,13H2,(H,31,34)(H,35,36)/t21?,22-/m0/s1. The summed E-state index contributed by atoms with van der Waals surface area (Å²) < 4.78 is 16.6. The number of halogens is 1. The molecular weight excluding hydrogens is 461 g/mol. The van der Waals surface area contributed by atoms with Crippen molar-refractivity contribution in [2.75, 3.05) is 0 Å². The summed E-state index contributed by atoms with van der Waals surface area (Å²) in [5.74, 6) is -2.55. The van der Waals surface area contributed by atoms with Crippen molar-refractivity contribution in [3.05, 3.63) is 94.2 Å². The Morgan fingerprint density at radius 3 is 2.58 bits per heavy atom. The number of carbonyl (C=O) groups is 2. The molecule has 0 radical (unpaired) electrons. The maximum absolute atomic E-state index is 14.9. The summed E-state index contributed by atoms with van der Waals surface area (Å²) in [5.41, 5.74) is 2.53. The van der Waals surface area contributed by atoms with E-state index in [1.54, 1.807) is 35.0 Å². The van der Waals surface area contributed by atoms with Gasteiger partial charge in [-0.3, -0.25) is 14.4 Å². The van der Waals surface area contributed by atoms with Gasteiger partial charge in [-0.15, -0.1) is 0 Å². The zero-order valence-electron chi connectivity index (χ0n) is 19.1. The Bertz CT molecular complexity index is 1610. The third-order valence-corrected chi connectivity index (χ3v) is 6.88. The van der Waals surface area contributed by atoms with Crippen LogP contribution in [-0.2, 0) is 4.79 Å². The van der Waals surface area contributed by atoms with Gasteiger partial charge in [0.25, 0.3) is 5.91 Å². The molecule has 2 aliphatic rings. The number of aromatic nitrogens is 2. The summed E-state index contributed by atoms with van der Waals surface area (Å²) in [6, 6.07) is 15.6. The van der Waals surface area contributed by atoms with Crippen LogP contribution in [0.5, 0.6) is 0 Å². The van der Waals surface area contributed by atoms with Gasteiger partial charge in [0, 0.05) is 30.0 Å². The molecule has 2 aromatic heterocycles. The lowest BCUT2D eigenvalue weighted by atomic mass is 10.0. The summed E-state index contributed by atoms with van der Waals surface area (Å²) >= 11 is 0. The zero-order valence-corrected chi connectivity index (χ0v) is 19.1. The smallest absolute Gasteiger partial charge is 0.307 e. The summed E-state index contributed by atoms with van der Waals surface area (Å²) in [7, 11) is 0. The minimum atomic E-state index is -0.900. The van der Waals surface area contributed by atoms with E-state index in [-0.39, 0.29) is 23.0 Å². The molecule has 2 saturated carbocycles. The predicted octanol–water partition coefficient (Wildman–Crippen LogP) is 4.27. The zero-order chi connectivity index (χ0) is 25.0. The Hall–Kier alpha value is -4.33. The summed E-state index contributed by atoms with van der Waals surface area (Å²) in [5, 5.41) is 12.4. The molecule has 180 valence electrons. The van der Waals surface area contributed by atoms with Crippen LogP contribution in [0.1, 0.15) is 41.1 Å². The molecule has 6 rings (SSSR count). The van der Waals surface area contributed by atoms with Gasteiger partial charge in [-0.25, -0.2) is 9.37 Å². The highest BCUT2D eigenvalue weighted by molar-refractivity contribution is 5.97. The van der Waals surface area contributed by atoms with Gasteiger partial charge >= 0.3 is 5.97 Å². The van der Waals surface area contributed by atoms with Gasteiger partial charge in [0.1, 0.15) is 17.0 Å². The molecule has 1 unspecified atom stereocenters. The van der Waals surface area contributed by atoms with Crippen LogP contribution in [0.2, 0.25) is 0 Å². The van der Waals surface area contributed by atoms with Gasteiger partial charge in [0.05, 0.1) is 11.3 Å². The number of carboxylic acid groups (broad SMARTS) is 1. The average Bonchev–Trinajstić information content (AvgIpc) is 3.80. The molecule has 8 heteroatoms. The minimum absolute atomic E-state index is 0.0422. The molecule has 2 fully saturated rings. The van der Waals surface area contributed by atoms with Crippen molar-refractivity contribution in [1.82, 2.24) is 14.9 Å². The summed E-state index contributed by atoms with van der Waals surface area (Å²) in [6.07, 6.45) is 5.36. The molecule has 0 aliphatic heterocycles. The third-order valence-electron chi connectivity index (χ3n) is 6.88. The molecule has 2 aliphatic carbocycles. The molecule has 0 spiro atoms. The van der Waals surface area contributed by atoms with Gasteiger partial charge < -0.3 is 15.0 Å². The number of pyridine rings is 2. The van der Waals surface area contributed by atoms with Crippen molar-refractivity contribution >= 4 is 22.9 Å². The van der Waals surface area contributed by atoms with Crippen molar-refractivity contribution in [3.63, 3.8) is 0 Å². The van der Waals surface area contributed by atoms with Crippen LogP contribution in [0.25, 0.3) is 27.8 Å². The molecular formula is C28H22FN3O4. The first-order valence-electron chi connectivity index (χ1n) is 11.8. The normalized spacial score (nSPS) is 18.7. The highest BCUT2D eigenvalue weighted by Gasteiger charge is 2.45. The van der Waals surface area contributed by atoms with Crippen LogP contribution in [0, 0.1) is 11.7 Å². The number of amides is 1. The number of rotatable bonds is 6. The van der Waals surface area contributed by atoms with Gasteiger partial charge in [0.15, 0.2) is 0 Å². The fraction of sp³-hybridized carbons (Fsp3) is 0.214. The van der Waals surface area contributed by atoms with Crippen molar-refractivity contribution in [2.45, 2.75) is 31.2 Å². The number of fused-ring (bicyclic) bond motifs is 1. The van der Waals surface area contributed by atoms with E-state index < -0.39 is 23.6 Å². The molecule has 2 N–H and O–H groups in total. The number of nitrogens with one attached hydrogen (secondary N) is 1. The van der Waals surface area contributed by atoms with Crippen LogP contribution in [-0.4, -0.2) is 32.6 Å². The Balaban J connectivity index is 1.41. The van der Waals surface area contributed by atoms with Gasteiger partial charge in [0.2, 0.25) is 5.43 Å². The highest BCUT2D eigenvalue weighted by Crippen LogP contribution is 2.48. The minimum Gasteiger partial charge on any atom is -0.481 e. The maximum atomic E-state index is 14.9. The predicted molar refractivity (Wildman–Crippen MR) is 132 cm³/mol. The van der Waals surface area contributed by atoms with Crippen molar-refractivity contribution in [3.8, 4) is 16.8 Å². The van der Waals surface area contributed by atoms with Crippen LogP contribution >= 0.6 is 0 Å². The summed E-state index contributed by atoms with van der Waals surface area (Å²) in [4.78, 5) is 41.4. The maximum Gasteiger partial charge on any atom is 0.307 e. The Morgan fingerprint density at radius 2 is 1.86 bits per heavy atom. The van der Waals surface area contributed by atoms with Crippen LogP contribution < -0.4 is 10.7 Å². The van der Waals surface area contributed by atoms with E-state index in [9.17, 15) is 18.8 Å². The van der Waals surface area contributed by atoms with E-state index >= 15 is 0 Å². The lowest BCUT2D eigenvalue weighted by Crippen LogP contribution is -2.31. The molecule has 2 aromatic carbocycles. The average molecular weight is 483 g/mol. The molecule has 2 atom stereocenters. The lowest BCUT2D eigenvalue weighted by Gasteiger charge is -2.14. The van der Waals surface area contributed by atoms with Crippen molar-refractivity contribution in [2.24, 2.45) is 5.92 Å². The number of aliphatic carboxylic acids is 1. The van der Waals surface area contributed by atoms with Gasteiger partial charge in [-0.05, 0) is 66.3 Å². The fourth-order valence-electron chi connectivity index (χ4n) is 4.66. The number of hydrogen-bond donors (Lipinski definition) is 2. The van der Waals surface area contributed by atoms with E-state index in [1.807, 2.05) is 24.3 Å². The molecule has 4 aromatic rings. The first-order valence-corrected chi connectivity index (χ1v) is 11.8. The Morgan fingerprint density at radius 1 is 1.06 bits per heavy atom. The van der Waals surface area contributed by atoms with Crippen LogP contribution in [0.3, 0.4) is 0 Å². The second-order valence-corrected chi connectivity index (χ2v) is 9.44. The molecule has 0 saturated heterocycles. The van der Waals surface area contributed by atoms with Crippen molar-refractivity contribution < 1.29 is 19.1 Å². The number of carbonyl (C=O) groups excluding carboxylic acids is 1. The summed E-state index contributed by atoms with van der Waals surface area (Å²) in [6.45, 7) is 0. The molecule has 7 nitrogen and oxygen atoms in total. The number of benzene rings is 2. The molecule has 2 heterocycles. The number of carboxylic acids is 1. The van der Waals surface area contributed by atoms with Gasteiger partial charge in [-0.1, -0.05) is 24.3 Å². The van der Waals surface area contributed by atoms with E-state index in [0.29, 0.717) is 34.3 Å². The first-order chi connectivity index (χ1) is 17.4. The molecule has 36 heavy (non-hydrogen) atoms. The Labute approximate surface area is 205 Å².